The molecule has 0 saturated carbocycles. The number of rotatable bonds is 3. The van der Waals surface area contributed by atoms with Gasteiger partial charge in [-0.3, -0.25) is 4.98 Å². The van der Waals surface area contributed by atoms with E-state index >= 15 is 0 Å². The van der Waals surface area contributed by atoms with Gasteiger partial charge >= 0.3 is 5.76 Å². The van der Waals surface area contributed by atoms with Crippen LogP contribution >= 0.6 is 11.6 Å². The molecule has 2 aromatic carbocycles. The molecule has 0 bridgehead atoms. The summed E-state index contributed by atoms with van der Waals surface area (Å²) in [5.41, 5.74) is 2.76. The number of H-pyrrole nitrogens is 1. The van der Waals surface area contributed by atoms with E-state index in [4.69, 9.17) is 16.0 Å². The van der Waals surface area contributed by atoms with E-state index in [2.05, 4.69) is 4.98 Å². The van der Waals surface area contributed by atoms with Gasteiger partial charge in [0.15, 0.2) is 5.58 Å². The Morgan fingerprint density at radius 1 is 1.20 bits per heavy atom. The van der Waals surface area contributed by atoms with E-state index in [1.54, 1.807) is 30.3 Å². The molecule has 0 amide bonds. The molecule has 3 aromatic rings. The summed E-state index contributed by atoms with van der Waals surface area (Å²) >= 11 is 5.82. The number of aromatic nitrogens is 1. The maximum absolute atomic E-state index is 11.1. The van der Waals surface area contributed by atoms with Crippen molar-refractivity contribution >= 4 is 22.7 Å². The Balaban J connectivity index is 1.85. The van der Waals surface area contributed by atoms with Crippen LogP contribution in [0.3, 0.4) is 0 Å². The molecule has 0 aliphatic rings. The molecule has 0 fully saturated rings. The fraction of sp³-hybridized carbons (Fsp3) is 0.133. The summed E-state index contributed by atoms with van der Waals surface area (Å²) < 4.78 is 4.98. The van der Waals surface area contributed by atoms with Gasteiger partial charge in [-0.15, -0.1) is 0 Å². The highest BCUT2D eigenvalue weighted by Crippen LogP contribution is 2.22. The molecule has 0 spiro atoms. The lowest BCUT2D eigenvalue weighted by atomic mass is 10.0. The standard InChI is InChI=1S/C15H12ClNO3/c16-11-4-1-9(2-5-11)7-13(18)10-3-6-12-14(8-10)20-15(19)17-12/h1-6,8,13,18H,7H2,(H,17,19). The summed E-state index contributed by atoms with van der Waals surface area (Å²) in [7, 11) is 0. The Morgan fingerprint density at radius 3 is 2.70 bits per heavy atom. The first-order valence-corrected chi connectivity index (χ1v) is 6.55. The molecule has 20 heavy (non-hydrogen) atoms. The van der Waals surface area contributed by atoms with Crippen molar-refractivity contribution in [1.82, 2.24) is 4.98 Å². The Bertz CT molecular complexity index is 789. The predicted octanol–water partition coefficient (Wildman–Crippen LogP) is 3.05. The molecule has 0 saturated heterocycles. The van der Waals surface area contributed by atoms with Crippen LogP contribution in [-0.2, 0) is 6.42 Å². The van der Waals surface area contributed by atoms with Crippen LogP contribution in [0, 0.1) is 0 Å². The summed E-state index contributed by atoms with van der Waals surface area (Å²) in [6.45, 7) is 0. The number of halogens is 1. The zero-order valence-corrected chi connectivity index (χ0v) is 11.2. The van der Waals surface area contributed by atoms with Crippen LogP contribution in [-0.4, -0.2) is 10.1 Å². The fourth-order valence-corrected chi connectivity index (χ4v) is 2.26. The van der Waals surface area contributed by atoms with Crippen molar-refractivity contribution < 1.29 is 9.52 Å². The molecule has 1 aromatic heterocycles. The normalized spacial score (nSPS) is 12.7. The van der Waals surface area contributed by atoms with Gasteiger partial charge in [0.05, 0.1) is 11.6 Å². The van der Waals surface area contributed by atoms with E-state index < -0.39 is 11.9 Å². The van der Waals surface area contributed by atoms with Crippen LogP contribution in [0.1, 0.15) is 17.2 Å². The molecule has 0 aliphatic carbocycles. The molecular formula is C15H12ClNO3. The van der Waals surface area contributed by atoms with Crippen LogP contribution in [0.5, 0.6) is 0 Å². The molecular weight excluding hydrogens is 278 g/mol. The summed E-state index contributed by atoms with van der Waals surface area (Å²) in [5, 5.41) is 10.9. The maximum atomic E-state index is 11.1. The minimum Gasteiger partial charge on any atom is -0.408 e. The molecule has 1 unspecified atom stereocenters. The van der Waals surface area contributed by atoms with Crippen molar-refractivity contribution in [3.63, 3.8) is 0 Å². The van der Waals surface area contributed by atoms with E-state index in [-0.39, 0.29) is 0 Å². The monoisotopic (exact) mass is 289 g/mol. The van der Waals surface area contributed by atoms with Gasteiger partial charge in [0.25, 0.3) is 0 Å². The van der Waals surface area contributed by atoms with Crippen LogP contribution in [0.25, 0.3) is 11.1 Å². The van der Waals surface area contributed by atoms with Gasteiger partial charge in [-0.05, 0) is 35.4 Å². The fourth-order valence-electron chi connectivity index (χ4n) is 2.13. The Kier molecular flexibility index (Phi) is 3.34. The van der Waals surface area contributed by atoms with E-state index in [1.807, 2.05) is 12.1 Å². The first-order chi connectivity index (χ1) is 9.61. The van der Waals surface area contributed by atoms with E-state index in [1.165, 1.54) is 0 Å². The van der Waals surface area contributed by atoms with Gasteiger partial charge in [0.1, 0.15) is 0 Å². The number of aromatic amines is 1. The van der Waals surface area contributed by atoms with Crippen molar-refractivity contribution in [3.05, 3.63) is 69.2 Å². The van der Waals surface area contributed by atoms with Crippen molar-refractivity contribution in [1.29, 1.82) is 0 Å². The minimum absolute atomic E-state index is 0.447. The largest absolute Gasteiger partial charge is 0.417 e. The van der Waals surface area contributed by atoms with Crippen molar-refractivity contribution in [2.24, 2.45) is 0 Å². The van der Waals surface area contributed by atoms with E-state index in [0.29, 0.717) is 28.1 Å². The SMILES string of the molecule is O=c1[nH]c2ccc(C(O)Cc3ccc(Cl)cc3)cc2o1. The van der Waals surface area contributed by atoms with Gasteiger partial charge in [-0.1, -0.05) is 29.8 Å². The third-order valence-electron chi connectivity index (χ3n) is 3.17. The van der Waals surface area contributed by atoms with Crippen LogP contribution in [0.15, 0.2) is 51.7 Å². The van der Waals surface area contributed by atoms with Gasteiger partial charge in [0, 0.05) is 11.4 Å². The van der Waals surface area contributed by atoms with Crippen LogP contribution in [0.4, 0.5) is 0 Å². The predicted molar refractivity (Wildman–Crippen MR) is 77.0 cm³/mol. The number of hydrogen-bond donors (Lipinski definition) is 2. The highest BCUT2D eigenvalue weighted by Gasteiger charge is 2.11. The minimum atomic E-state index is -0.666. The van der Waals surface area contributed by atoms with Crippen molar-refractivity contribution in [3.8, 4) is 0 Å². The molecule has 3 rings (SSSR count). The highest BCUT2D eigenvalue weighted by atomic mass is 35.5. The zero-order valence-electron chi connectivity index (χ0n) is 10.5. The third-order valence-corrected chi connectivity index (χ3v) is 3.42. The Hall–Kier alpha value is -2.04. The number of aliphatic hydroxyl groups excluding tert-OH is 1. The number of nitrogens with one attached hydrogen (secondary N) is 1. The lowest BCUT2D eigenvalue weighted by molar-refractivity contribution is 0.178. The summed E-state index contributed by atoms with van der Waals surface area (Å²) in [6.07, 6.45) is -0.196. The number of benzene rings is 2. The quantitative estimate of drug-likeness (QED) is 0.779. The lowest BCUT2D eigenvalue weighted by Crippen LogP contribution is -2.01. The highest BCUT2D eigenvalue weighted by molar-refractivity contribution is 6.30. The molecule has 102 valence electrons. The van der Waals surface area contributed by atoms with Crippen molar-refractivity contribution in [2.45, 2.75) is 12.5 Å². The van der Waals surface area contributed by atoms with Gasteiger partial charge < -0.3 is 9.52 Å². The first-order valence-electron chi connectivity index (χ1n) is 6.17. The average molecular weight is 290 g/mol. The lowest BCUT2D eigenvalue weighted by Gasteiger charge is -2.11. The number of fused-ring (bicyclic) bond motifs is 1. The summed E-state index contributed by atoms with van der Waals surface area (Å²) in [6, 6.07) is 12.5. The molecule has 4 nitrogen and oxygen atoms in total. The van der Waals surface area contributed by atoms with Gasteiger partial charge in [0.2, 0.25) is 0 Å². The molecule has 1 atom stereocenters. The van der Waals surface area contributed by atoms with E-state index in [9.17, 15) is 9.90 Å². The number of hydrogen-bond acceptors (Lipinski definition) is 3. The second kappa shape index (κ2) is 5.15. The third kappa shape index (κ3) is 2.61. The summed E-state index contributed by atoms with van der Waals surface area (Å²) in [4.78, 5) is 13.7. The Labute approximate surface area is 119 Å². The van der Waals surface area contributed by atoms with Gasteiger partial charge in [-0.25, -0.2) is 4.79 Å². The Morgan fingerprint density at radius 2 is 1.95 bits per heavy atom. The second-order valence-corrected chi connectivity index (χ2v) is 5.05. The van der Waals surface area contributed by atoms with Gasteiger partial charge in [-0.2, -0.15) is 0 Å². The topological polar surface area (TPSA) is 66.2 Å². The molecule has 0 radical (unpaired) electrons. The first kappa shape index (κ1) is 13.0. The smallest absolute Gasteiger partial charge is 0.408 e. The van der Waals surface area contributed by atoms with E-state index in [0.717, 1.165) is 5.56 Å². The average Bonchev–Trinajstić information content (AvgIpc) is 2.80. The number of aliphatic hydroxyl groups is 1. The summed E-state index contributed by atoms with van der Waals surface area (Å²) in [5.74, 6) is -0.496. The number of oxazole rings is 1. The molecule has 5 heteroatoms. The van der Waals surface area contributed by atoms with Crippen LogP contribution < -0.4 is 5.76 Å². The molecule has 1 heterocycles. The maximum Gasteiger partial charge on any atom is 0.417 e. The second-order valence-electron chi connectivity index (χ2n) is 4.62. The molecule has 2 N–H and O–H groups in total. The van der Waals surface area contributed by atoms with Crippen molar-refractivity contribution in [2.75, 3.05) is 0 Å². The zero-order chi connectivity index (χ0) is 14.1. The van der Waals surface area contributed by atoms with Crippen LogP contribution in [0.2, 0.25) is 5.02 Å². The molecule has 0 aliphatic heterocycles.